The summed E-state index contributed by atoms with van der Waals surface area (Å²) in [4.78, 5) is 38.4. The topological polar surface area (TPSA) is 92.7 Å². The number of allylic oxidation sites excluding steroid dienone is 2. The third-order valence-corrected chi connectivity index (χ3v) is 6.93. The Labute approximate surface area is 175 Å². The van der Waals surface area contributed by atoms with Crippen LogP contribution in [0, 0.1) is 11.8 Å². The van der Waals surface area contributed by atoms with E-state index in [1.165, 1.54) is 24.2 Å². The Bertz CT molecular complexity index is 797. The van der Waals surface area contributed by atoms with Crippen LogP contribution in [0.2, 0.25) is 0 Å². The number of carbonyl (C=O) groups is 3. The molecule has 1 heterocycles. The first kappa shape index (κ1) is 21.6. The van der Waals surface area contributed by atoms with Crippen molar-refractivity contribution >= 4 is 34.2 Å². The summed E-state index contributed by atoms with van der Waals surface area (Å²) in [7, 11) is 0. The average molecular weight is 420 g/mol. The second kappa shape index (κ2) is 10.1. The Hall–Kier alpha value is -2.15. The van der Waals surface area contributed by atoms with Crippen molar-refractivity contribution in [3.63, 3.8) is 0 Å². The van der Waals surface area contributed by atoms with Gasteiger partial charge in [-0.3, -0.25) is 9.59 Å². The zero-order valence-corrected chi connectivity index (χ0v) is 17.7. The number of thiophene rings is 1. The van der Waals surface area contributed by atoms with Crippen LogP contribution < -0.4 is 5.32 Å². The molecule has 2 aliphatic carbocycles. The number of rotatable bonds is 5. The molecular weight excluding hydrogens is 390 g/mol. The molecular formula is C22H29NO5S. The molecule has 6 nitrogen and oxygen atoms in total. The van der Waals surface area contributed by atoms with Gasteiger partial charge in [0, 0.05) is 4.88 Å². The minimum Gasteiger partial charge on any atom is -0.481 e. The van der Waals surface area contributed by atoms with Gasteiger partial charge in [0.15, 0.2) is 0 Å². The van der Waals surface area contributed by atoms with E-state index in [0.29, 0.717) is 23.4 Å². The van der Waals surface area contributed by atoms with E-state index in [-0.39, 0.29) is 12.5 Å². The Morgan fingerprint density at radius 2 is 1.72 bits per heavy atom. The number of aryl methyl sites for hydroxylation is 1. The number of anilines is 1. The lowest BCUT2D eigenvalue weighted by atomic mass is 9.82. The standard InChI is InChI=1S/C22H29NO5S/c1-2-28-22(27)18-16-12-6-4-3-5-7-13-17(16)29-20(18)23-19(24)14-10-8-9-11-15(14)21(25)26/h8-9,14-15H,2-7,10-13H2,1H3,(H,23,24)(H,25,26)/t14-,15+/m0/s1. The van der Waals surface area contributed by atoms with Gasteiger partial charge in [0.25, 0.3) is 0 Å². The Morgan fingerprint density at radius 1 is 1.07 bits per heavy atom. The van der Waals surface area contributed by atoms with Crippen molar-refractivity contribution in [1.29, 1.82) is 0 Å². The number of ether oxygens (including phenoxy) is 1. The lowest BCUT2D eigenvalue weighted by Crippen LogP contribution is -2.34. The maximum absolute atomic E-state index is 13.0. The van der Waals surface area contributed by atoms with Gasteiger partial charge >= 0.3 is 11.9 Å². The SMILES string of the molecule is CCOC(=O)c1c(NC(=O)[C@H]2CC=CC[C@H]2C(=O)O)sc2c1CCCCCCC2. The van der Waals surface area contributed by atoms with Gasteiger partial charge in [0.1, 0.15) is 5.00 Å². The minimum atomic E-state index is -0.963. The predicted molar refractivity (Wildman–Crippen MR) is 112 cm³/mol. The smallest absolute Gasteiger partial charge is 0.341 e. The quantitative estimate of drug-likeness (QED) is 0.538. The lowest BCUT2D eigenvalue weighted by molar-refractivity contribution is -0.146. The molecule has 0 spiro atoms. The maximum atomic E-state index is 13.0. The second-order valence-electron chi connectivity index (χ2n) is 7.68. The molecule has 29 heavy (non-hydrogen) atoms. The molecule has 0 saturated carbocycles. The molecule has 0 aromatic carbocycles. The van der Waals surface area contributed by atoms with Gasteiger partial charge in [0.2, 0.25) is 5.91 Å². The van der Waals surface area contributed by atoms with Crippen molar-refractivity contribution < 1.29 is 24.2 Å². The fraction of sp³-hybridized carbons (Fsp3) is 0.591. The van der Waals surface area contributed by atoms with E-state index in [1.54, 1.807) is 6.92 Å². The van der Waals surface area contributed by atoms with Crippen molar-refractivity contribution in [2.75, 3.05) is 11.9 Å². The first-order chi connectivity index (χ1) is 14.0. The fourth-order valence-corrected chi connectivity index (χ4v) is 5.47. The molecule has 1 aromatic rings. The van der Waals surface area contributed by atoms with Crippen LogP contribution in [0.3, 0.4) is 0 Å². The number of carboxylic acid groups (broad SMARTS) is 1. The predicted octanol–water partition coefficient (Wildman–Crippen LogP) is 4.58. The van der Waals surface area contributed by atoms with Crippen LogP contribution in [0.4, 0.5) is 5.00 Å². The zero-order chi connectivity index (χ0) is 20.8. The van der Waals surface area contributed by atoms with Crippen LogP contribution in [0.5, 0.6) is 0 Å². The number of nitrogens with one attached hydrogen (secondary N) is 1. The highest BCUT2D eigenvalue weighted by Gasteiger charge is 2.35. The molecule has 158 valence electrons. The van der Waals surface area contributed by atoms with E-state index >= 15 is 0 Å². The number of aliphatic carboxylic acids is 1. The molecule has 0 saturated heterocycles. The first-order valence-electron chi connectivity index (χ1n) is 10.5. The Morgan fingerprint density at radius 3 is 2.41 bits per heavy atom. The zero-order valence-electron chi connectivity index (χ0n) is 16.9. The largest absolute Gasteiger partial charge is 0.481 e. The highest BCUT2D eigenvalue weighted by atomic mass is 32.1. The monoisotopic (exact) mass is 419 g/mol. The van der Waals surface area contributed by atoms with E-state index in [9.17, 15) is 19.5 Å². The van der Waals surface area contributed by atoms with Gasteiger partial charge in [-0.25, -0.2) is 4.79 Å². The van der Waals surface area contributed by atoms with Crippen LogP contribution in [0.1, 0.15) is 72.7 Å². The summed E-state index contributed by atoms with van der Waals surface area (Å²) in [6.07, 6.45) is 11.7. The van der Waals surface area contributed by atoms with Crippen molar-refractivity contribution in [3.05, 3.63) is 28.2 Å². The van der Waals surface area contributed by atoms with Crippen molar-refractivity contribution in [1.82, 2.24) is 0 Å². The molecule has 0 unspecified atom stereocenters. The Kier molecular flexibility index (Phi) is 7.47. The van der Waals surface area contributed by atoms with E-state index in [1.807, 2.05) is 12.2 Å². The molecule has 7 heteroatoms. The van der Waals surface area contributed by atoms with Crippen molar-refractivity contribution in [3.8, 4) is 0 Å². The molecule has 1 aromatic heterocycles. The molecule has 3 rings (SSSR count). The molecule has 1 amide bonds. The highest BCUT2D eigenvalue weighted by molar-refractivity contribution is 7.17. The molecule has 0 radical (unpaired) electrons. The van der Waals surface area contributed by atoms with Crippen LogP contribution in [0.15, 0.2) is 12.2 Å². The lowest BCUT2D eigenvalue weighted by Gasteiger charge is -2.24. The van der Waals surface area contributed by atoms with E-state index < -0.39 is 23.8 Å². The third-order valence-electron chi connectivity index (χ3n) is 5.72. The van der Waals surface area contributed by atoms with Crippen LogP contribution in [0.25, 0.3) is 0 Å². The van der Waals surface area contributed by atoms with E-state index in [2.05, 4.69) is 5.32 Å². The number of carboxylic acids is 1. The third kappa shape index (κ3) is 5.07. The second-order valence-corrected chi connectivity index (χ2v) is 8.78. The summed E-state index contributed by atoms with van der Waals surface area (Å²) < 4.78 is 5.29. The molecule has 0 bridgehead atoms. The number of esters is 1. The molecule has 2 atom stereocenters. The summed E-state index contributed by atoms with van der Waals surface area (Å²) in [6.45, 7) is 2.04. The summed E-state index contributed by atoms with van der Waals surface area (Å²) in [5.74, 6) is -3.08. The Balaban J connectivity index is 1.91. The van der Waals surface area contributed by atoms with Crippen LogP contribution in [-0.4, -0.2) is 29.6 Å². The number of fused-ring (bicyclic) bond motifs is 1. The molecule has 2 N–H and O–H groups in total. The van der Waals surface area contributed by atoms with Crippen LogP contribution in [-0.2, 0) is 27.2 Å². The fourth-order valence-electron chi connectivity index (χ4n) is 4.18. The van der Waals surface area contributed by atoms with Gasteiger partial charge in [-0.05, 0) is 51.0 Å². The minimum absolute atomic E-state index is 0.269. The molecule has 0 fully saturated rings. The number of carbonyl (C=O) groups excluding carboxylic acids is 2. The van der Waals surface area contributed by atoms with Crippen LogP contribution >= 0.6 is 11.3 Å². The first-order valence-corrected chi connectivity index (χ1v) is 11.3. The van der Waals surface area contributed by atoms with Gasteiger partial charge in [0.05, 0.1) is 24.0 Å². The maximum Gasteiger partial charge on any atom is 0.341 e. The normalized spacial score (nSPS) is 22.0. The van der Waals surface area contributed by atoms with E-state index in [4.69, 9.17) is 4.74 Å². The number of hydrogen-bond acceptors (Lipinski definition) is 5. The van der Waals surface area contributed by atoms with Gasteiger partial charge in [-0.1, -0.05) is 31.4 Å². The van der Waals surface area contributed by atoms with Gasteiger partial charge < -0.3 is 15.2 Å². The highest BCUT2D eigenvalue weighted by Crippen LogP contribution is 2.38. The summed E-state index contributed by atoms with van der Waals surface area (Å²) in [6, 6.07) is 0. The average Bonchev–Trinajstić information content (AvgIpc) is 3.08. The van der Waals surface area contributed by atoms with E-state index in [0.717, 1.165) is 42.5 Å². The summed E-state index contributed by atoms with van der Waals surface area (Å²) in [5.41, 5.74) is 1.48. The summed E-state index contributed by atoms with van der Waals surface area (Å²) in [5, 5.41) is 12.9. The summed E-state index contributed by atoms with van der Waals surface area (Å²) >= 11 is 1.45. The van der Waals surface area contributed by atoms with Gasteiger partial charge in [-0.15, -0.1) is 11.3 Å². The van der Waals surface area contributed by atoms with Crippen molar-refractivity contribution in [2.24, 2.45) is 11.8 Å². The number of amides is 1. The molecule has 2 aliphatic rings. The van der Waals surface area contributed by atoms with Gasteiger partial charge in [-0.2, -0.15) is 0 Å². The molecule has 0 aliphatic heterocycles. The number of hydrogen-bond donors (Lipinski definition) is 2. The van der Waals surface area contributed by atoms with Crippen molar-refractivity contribution in [2.45, 2.75) is 64.7 Å².